The maximum absolute atomic E-state index is 5.49. The summed E-state index contributed by atoms with van der Waals surface area (Å²) >= 11 is 0. The van der Waals surface area contributed by atoms with Crippen molar-refractivity contribution in [3.05, 3.63) is 18.1 Å². The number of anilines is 1. The van der Waals surface area contributed by atoms with E-state index in [-0.39, 0.29) is 0 Å². The van der Waals surface area contributed by atoms with Gasteiger partial charge in [-0.1, -0.05) is 13.8 Å². The van der Waals surface area contributed by atoms with Crippen molar-refractivity contribution in [3.8, 4) is 0 Å². The number of aromatic nitrogens is 4. The number of hydrogen-bond acceptors (Lipinski definition) is 6. The monoisotopic (exact) mass is 318 g/mol. The van der Waals surface area contributed by atoms with Crippen LogP contribution in [0.5, 0.6) is 0 Å². The van der Waals surface area contributed by atoms with Crippen LogP contribution in [0.25, 0.3) is 5.78 Å². The van der Waals surface area contributed by atoms with E-state index in [0.29, 0.717) is 17.7 Å². The van der Waals surface area contributed by atoms with Gasteiger partial charge in [0.2, 0.25) is 0 Å². The van der Waals surface area contributed by atoms with Gasteiger partial charge in [-0.2, -0.15) is 14.6 Å². The third-order valence-electron chi connectivity index (χ3n) is 4.20. The van der Waals surface area contributed by atoms with Gasteiger partial charge in [-0.05, 0) is 19.3 Å². The highest BCUT2D eigenvalue weighted by molar-refractivity contribution is 5.44. The van der Waals surface area contributed by atoms with Gasteiger partial charge in [-0.25, -0.2) is 4.98 Å². The number of fused-ring (bicyclic) bond motifs is 1. The molecule has 1 aliphatic rings. The summed E-state index contributed by atoms with van der Waals surface area (Å²) in [5.74, 6) is 2.25. The Labute approximate surface area is 137 Å². The van der Waals surface area contributed by atoms with Gasteiger partial charge in [0.1, 0.15) is 12.1 Å². The summed E-state index contributed by atoms with van der Waals surface area (Å²) < 4.78 is 7.25. The normalized spacial score (nSPS) is 17.7. The van der Waals surface area contributed by atoms with Crippen molar-refractivity contribution in [1.29, 1.82) is 0 Å². The van der Waals surface area contributed by atoms with Crippen molar-refractivity contribution in [2.45, 2.75) is 33.2 Å². The molecule has 0 saturated carbocycles. The fourth-order valence-corrected chi connectivity index (χ4v) is 3.13. The lowest BCUT2D eigenvalue weighted by Gasteiger charge is -2.35. The molecule has 0 spiro atoms. The van der Waals surface area contributed by atoms with Crippen molar-refractivity contribution in [3.63, 3.8) is 0 Å². The number of ether oxygens (including phenoxy) is 1. The van der Waals surface area contributed by atoms with Gasteiger partial charge in [-0.15, -0.1) is 0 Å². The van der Waals surface area contributed by atoms with Gasteiger partial charge in [0.05, 0.1) is 13.2 Å². The molecule has 7 nitrogen and oxygen atoms in total. The number of aryl methyl sites for hydroxylation is 1. The minimum absolute atomic E-state index is 0.492. The number of rotatable bonds is 6. The first kappa shape index (κ1) is 16.1. The largest absolute Gasteiger partial charge is 0.379 e. The molecule has 2 aromatic heterocycles. The summed E-state index contributed by atoms with van der Waals surface area (Å²) in [5.41, 5.74) is 0.944. The third-order valence-corrected chi connectivity index (χ3v) is 4.20. The molecule has 7 heteroatoms. The van der Waals surface area contributed by atoms with Crippen LogP contribution in [0, 0.1) is 12.8 Å². The molecule has 0 radical (unpaired) electrons. The zero-order chi connectivity index (χ0) is 16.2. The van der Waals surface area contributed by atoms with Crippen LogP contribution < -0.4 is 5.32 Å². The average Bonchev–Trinajstić information content (AvgIpc) is 3.00. The fraction of sp³-hybridized carbons (Fsp3) is 0.688. The molecule has 0 aliphatic carbocycles. The topological polar surface area (TPSA) is 67.6 Å². The van der Waals surface area contributed by atoms with Crippen molar-refractivity contribution in [1.82, 2.24) is 24.5 Å². The Morgan fingerprint density at radius 2 is 2.09 bits per heavy atom. The molecule has 1 N–H and O–H groups in total. The maximum atomic E-state index is 5.49. The van der Waals surface area contributed by atoms with Gasteiger partial charge >= 0.3 is 0 Å². The van der Waals surface area contributed by atoms with E-state index in [9.17, 15) is 0 Å². The van der Waals surface area contributed by atoms with E-state index >= 15 is 0 Å². The number of morpholine rings is 1. The lowest BCUT2D eigenvalue weighted by molar-refractivity contribution is 0.0150. The quantitative estimate of drug-likeness (QED) is 0.872. The maximum Gasteiger partial charge on any atom is 0.254 e. The second-order valence-corrected chi connectivity index (χ2v) is 6.57. The first-order chi connectivity index (χ1) is 11.1. The predicted octanol–water partition coefficient (Wildman–Crippen LogP) is 1.59. The molecule has 1 saturated heterocycles. The molecular formula is C16H26N6O. The first-order valence-corrected chi connectivity index (χ1v) is 8.36. The number of hydrogen-bond donors (Lipinski definition) is 1. The Balaban J connectivity index is 1.72. The highest BCUT2D eigenvalue weighted by atomic mass is 16.5. The first-order valence-electron chi connectivity index (χ1n) is 8.36. The Bertz CT molecular complexity index is 635. The minimum Gasteiger partial charge on any atom is -0.379 e. The molecule has 1 unspecified atom stereocenters. The van der Waals surface area contributed by atoms with E-state index in [2.05, 4.69) is 39.1 Å². The zero-order valence-electron chi connectivity index (χ0n) is 14.2. The Kier molecular flexibility index (Phi) is 5.07. The van der Waals surface area contributed by atoms with Gasteiger partial charge in [0.25, 0.3) is 5.78 Å². The smallest absolute Gasteiger partial charge is 0.254 e. The van der Waals surface area contributed by atoms with Crippen LogP contribution in [0.4, 0.5) is 5.82 Å². The average molecular weight is 318 g/mol. The van der Waals surface area contributed by atoms with Crippen LogP contribution in [-0.2, 0) is 4.74 Å². The Morgan fingerprint density at radius 3 is 2.83 bits per heavy atom. The Hall–Kier alpha value is -1.73. The van der Waals surface area contributed by atoms with Crippen molar-refractivity contribution < 1.29 is 4.74 Å². The second kappa shape index (κ2) is 7.23. The molecule has 3 heterocycles. The molecule has 1 fully saturated rings. The van der Waals surface area contributed by atoms with E-state index in [1.165, 1.54) is 0 Å². The van der Waals surface area contributed by atoms with Crippen molar-refractivity contribution >= 4 is 11.6 Å². The lowest BCUT2D eigenvalue weighted by Crippen LogP contribution is -2.47. The van der Waals surface area contributed by atoms with Gasteiger partial charge in [-0.3, -0.25) is 4.90 Å². The van der Waals surface area contributed by atoms with E-state index < -0.39 is 0 Å². The standard InChI is InChI=1S/C16H26N6O/c1-12(2)8-14(21-4-6-23-7-5-21)10-17-15-9-13(3)20-16-18-11-19-22(15)16/h9,11-12,14,17H,4-8,10H2,1-3H3. The zero-order valence-corrected chi connectivity index (χ0v) is 14.2. The van der Waals surface area contributed by atoms with Crippen molar-refractivity contribution in [2.75, 3.05) is 38.2 Å². The fourth-order valence-electron chi connectivity index (χ4n) is 3.13. The summed E-state index contributed by atoms with van der Waals surface area (Å²) in [6, 6.07) is 2.51. The highest BCUT2D eigenvalue weighted by Crippen LogP contribution is 2.16. The van der Waals surface area contributed by atoms with E-state index in [1.54, 1.807) is 10.8 Å². The van der Waals surface area contributed by atoms with E-state index in [1.807, 2.05) is 13.0 Å². The number of nitrogens with zero attached hydrogens (tertiary/aromatic N) is 5. The van der Waals surface area contributed by atoms with E-state index in [4.69, 9.17) is 4.74 Å². The van der Waals surface area contributed by atoms with Gasteiger partial charge < -0.3 is 10.1 Å². The molecule has 1 atom stereocenters. The van der Waals surface area contributed by atoms with Crippen LogP contribution >= 0.6 is 0 Å². The van der Waals surface area contributed by atoms with Gasteiger partial charge in [0.15, 0.2) is 0 Å². The van der Waals surface area contributed by atoms with E-state index in [0.717, 1.165) is 50.8 Å². The molecule has 0 bridgehead atoms. The molecule has 0 aromatic carbocycles. The molecule has 3 rings (SSSR count). The molecule has 23 heavy (non-hydrogen) atoms. The molecule has 2 aromatic rings. The molecule has 126 valence electrons. The minimum atomic E-state index is 0.492. The van der Waals surface area contributed by atoms with Crippen LogP contribution in [0.15, 0.2) is 12.4 Å². The molecule has 0 amide bonds. The summed E-state index contributed by atoms with van der Waals surface area (Å²) in [5, 5.41) is 7.81. The number of nitrogens with one attached hydrogen (secondary N) is 1. The van der Waals surface area contributed by atoms with Crippen LogP contribution in [-0.4, -0.2) is 63.4 Å². The summed E-state index contributed by atoms with van der Waals surface area (Å²) in [6.07, 6.45) is 2.71. The molecule has 1 aliphatic heterocycles. The lowest BCUT2D eigenvalue weighted by atomic mass is 10.0. The van der Waals surface area contributed by atoms with Gasteiger partial charge in [0, 0.05) is 37.4 Å². The second-order valence-electron chi connectivity index (χ2n) is 6.57. The Morgan fingerprint density at radius 1 is 1.30 bits per heavy atom. The van der Waals surface area contributed by atoms with Crippen molar-refractivity contribution in [2.24, 2.45) is 5.92 Å². The molecular weight excluding hydrogens is 292 g/mol. The highest BCUT2D eigenvalue weighted by Gasteiger charge is 2.22. The van der Waals surface area contributed by atoms with Crippen LogP contribution in [0.1, 0.15) is 26.0 Å². The SMILES string of the molecule is Cc1cc(NCC(CC(C)C)N2CCOCC2)n2ncnc2n1. The van der Waals surface area contributed by atoms with Crippen LogP contribution in [0.3, 0.4) is 0 Å². The summed E-state index contributed by atoms with van der Waals surface area (Å²) in [6.45, 7) is 11.1. The predicted molar refractivity (Wildman–Crippen MR) is 89.6 cm³/mol. The van der Waals surface area contributed by atoms with Crippen LogP contribution in [0.2, 0.25) is 0 Å². The third kappa shape index (κ3) is 3.97. The summed E-state index contributed by atoms with van der Waals surface area (Å²) in [7, 11) is 0. The summed E-state index contributed by atoms with van der Waals surface area (Å²) in [4.78, 5) is 11.1.